The predicted octanol–water partition coefficient (Wildman–Crippen LogP) is 5.75. The van der Waals surface area contributed by atoms with E-state index in [1.54, 1.807) is 24.3 Å². The van der Waals surface area contributed by atoms with Crippen LogP contribution in [0, 0.1) is 13.8 Å². The van der Waals surface area contributed by atoms with Gasteiger partial charge >= 0.3 is 0 Å². The molecule has 0 atom stereocenters. The van der Waals surface area contributed by atoms with Crippen LogP contribution in [0.15, 0.2) is 60.7 Å². The van der Waals surface area contributed by atoms with Crippen LogP contribution in [0.25, 0.3) is 22.4 Å². The van der Waals surface area contributed by atoms with Crippen molar-refractivity contribution in [3.05, 3.63) is 82.4 Å². The minimum Gasteiger partial charge on any atom is -0.338 e. The van der Waals surface area contributed by atoms with E-state index in [9.17, 15) is 4.79 Å². The van der Waals surface area contributed by atoms with Gasteiger partial charge in [-0.05, 0) is 85.6 Å². The molecular weight excluding hydrogens is 358 g/mol. The Labute approximate surface area is 162 Å². The van der Waals surface area contributed by atoms with E-state index in [2.05, 4.69) is 41.3 Å². The largest absolute Gasteiger partial charge is 0.338 e. The average molecular weight is 376 g/mol. The molecule has 4 rings (SSSR count). The van der Waals surface area contributed by atoms with Crippen LogP contribution in [0.1, 0.15) is 21.5 Å². The number of nitrogens with zero attached hydrogens (tertiary/aromatic N) is 1. The third-order valence-corrected chi connectivity index (χ3v) is 4.87. The highest BCUT2D eigenvalue weighted by molar-refractivity contribution is 6.30. The normalized spacial score (nSPS) is 10.9. The van der Waals surface area contributed by atoms with E-state index >= 15 is 0 Å². The topological polar surface area (TPSA) is 57.8 Å². The van der Waals surface area contributed by atoms with Crippen LogP contribution in [0.4, 0.5) is 5.69 Å². The second kappa shape index (κ2) is 6.89. The number of amides is 1. The Hall–Kier alpha value is -3.11. The standard InChI is InChI=1S/C22H18ClN3O/c1-13-11-19-20(12-14(13)2)26-21(25-19)15-5-9-18(10-6-15)24-22(27)16-3-7-17(23)8-4-16/h3-12H,1-2H3,(H,24,27)(H,25,26). The maximum Gasteiger partial charge on any atom is 0.255 e. The Kier molecular flexibility index (Phi) is 4.42. The lowest BCUT2D eigenvalue weighted by atomic mass is 10.1. The van der Waals surface area contributed by atoms with Gasteiger partial charge in [-0.1, -0.05) is 11.6 Å². The van der Waals surface area contributed by atoms with Gasteiger partial charge in [-0.15, -0.1) is 0 Å². The fourth-order valence-electron chi connectivity index (χ4n) is 2.92. The zero-order valence-electron chi connectivity index (χ0n) is 15.0. The number of rotatable bonds is 3. The Balaban J connectivity index is 1.55. The second-order valence-corrected chi connectivity index (χ2v) is 7.01. The molecule has 0 unspecified atom stereocenters. The van der Waals surface area contributed by atoms with Gasteiger partial charge in [-0.25, -0.2) is 4.98 Å². The summed E-state index contributed by atoms with van der Waals surface area (Å²) >= 11 is 5.86. The molecule has 0 bridgehead atoms. The number of benzene rings is 3. The van der Waals surface area contributed by atoms with Crippen LogP contribution in [-0.4, -0.2) is 15.9 Å². The van der Waals surface area contributed by atoms with Crippen LogP contribution in [0.2, 0.25) is 5.02 Å². The van der Waals surface area contributed by atoms with Gasteiger partial charge in [0.25, 0.3) is 5.91 Å². The number of imidazole rings is 1. The molecule has 27 heavy (non-hydrogen) atoms. The summed E-state index contributed by atoms with van der Waals surface area (Å²) < 4.78 is 0. The van der Waals surface area contributed by atoms with Gasteiger partial charge in [0.05, 0.1) is 11.0 Å². The average Bonchev–Trinajstić information content (AvgIpc) is 3.06. The summed E-state index contributed by atoms with van der Waals surface area (Å²) in [6, 6.07) is 18.6. The molecule has 0 aliphatic heterocycles. The van der Waals surface area contributed by atoms with E-state index in [0.29, 0.717) is 10.6 Å². The van der Waals surface area contributed by atoms with Gasteiger partial charge in [0.2, 0.25) is 0 Å². The Morgan fingerprint density at radius 3 is 2.33 bits per heavy atom. The fourth-order valence-corrected chi connectivity index (χ4v) is 3.05. The molecule has 4 nitrogen and oxygen atoms in total. The lowest BCUT2D eigenvalue weighted by Crippen LogP contribution is -2.11. The number of H-pyrrole nitrogens is 1. The molecule has 2 N–H and O–H groups in total. The first kappa shape index (κ1) is 17.3. The van der Waals surface area contributed by atoms with Gasteiger partial charge in [-0.3, -0.25) is 4.79 Å². The number of halogens is 1. The molecule has 1 aromatic heterocycles. The van der Waals surface area contributed by atoms with E-state index in [4.69, 9.17) is 11.6 Å². The summed E-state index contributed by atoms with van der Waals surface area (Å²) in [5.74, 6) is 0.639. The molecule has 1 heterocycles. The smallest absolute Gasteiger partial charge is 0.255 e. The molecule has 0 spiro atoms. The molecule has 0 saturated carbocycles. The summed E-state index contributed by atoms with van der Waals surface area (Å²) in [4.78, 5) is 20.3. The van der Waals surface area contributed by atoms with Crippen LogP contribution in [0.5, 0.6) is 0 Å². The Morgan fingerprint density at radius 2 is 1.63 bits per heavy atom. The van der Waals surface area contributed by atoms with Crippen molar-refractivity contribution >= 4 is 34.2 Å². The number of carbonyl (C=O) groups excluding carboxylic acids is 1. The molecular formula is C22H18ClN3O. The number of hydrogen-bond acceptors (Lipinski definition) is 2. The Morgan fingerprint density at radius 1 is 0.963 bits per heavy atom. The number of aromatic amines is 1. The third kappa shape index (κ3) is 3.57. The van der Waals surface area contributed by atoms with Crippen molar-refractivity contribution < 1.29 is 4.79 Å². The van der Waals surface area contributed by atoms with Gasteiger partial charge in [0.15, 0.2) is 0 Å². The monoisotopic (exact) mass is 375 g/mol. The first-order valence-corrected chi connectivity index (χ1v) is 9.02. The van der Waals surface area contributed by atoms with E-state index in [0.717, 1.165) is 28.1 Å². The summed E-state index contributed by atoms with van der Waals surface area (Å²) in [7, 11) is 0. The van der Waals surface area contributed by atoms with Gasteiger partial charge in [0, 0.05) is 21.8 Å². The first-order chi connectivity index (χ1) is 13.0. The fraction of sp³-hybridized carbons (Fsp3) is 0.0909. The SMILES string of the molecule is Cc1cc2nc(-c3ccc(NC(=O)c4ccc(Cl)cc4)cc3)[nH]c2cc1C. The van der Waals surface area contributed by atoms with E-state index < -0.39 is 0 Å². The predicted molar refractivity (Wildman–Crippen MR) is 110 cm³/mol. The van der Waals surface area contributed by atoms with Crippen molar-refractivity contribution in [1.29, 1.82) is 0 Å². The van der Waals surface area contributed by atoms with E-state index in [-0.39, 0.29) is 5.91 Å². The van der Waals surface area contributed by atoms with Crippen LogP contribution < -0.4 is 5.32 Å². The quantitative estimate of drug-likeness (QED) is 0.478. The molecule has 0 aliphatic rings. The first-order valence-electron chi connectivity index (χ1n) is 8.64. The molecule has 5 heteroatoms. The number of aryl methyl sites for hydroxylation is 2. The number of carbonyl (C=O) groups is 1. The summed E-state index contributed by atoms with van der Waals surface area (Å²) in [6.45, 7) is 4.18. The lowest BCUT2D eigenvalue weighted by molar-refractivity contribution is 0.102. The van der Waals surface area contributed by atoms with Crippen molar-refractivity contribution in [2.75, 3.05) is 5.32 Å². The van der Waals surface area contributed by atoms with Gasteiger partial charge in [0.1, 0.15) is 5.82 Å². The molecule has 4 aromatic rings. The summed E-state index contributed by atoms with van der Waals surface area (Å²) in [5.41, 5.74) is 6.68. The highest BCUT2D eigenvalue weighted by atomic mass is 35.5. The highest BCUT2D eigenvalue weighted by Gasteiger charge is 2.09. The van der Waals surface area contributed by atoms with Crippen LogP contribution in [0.3, 0.4) is 0 Å². The third-order valence-electron chi connectivity index (χ3n) is 4.62. The maximum atomic E-state index is 12.3. The van der Waals surface area contributed by atoms with Crippen molar-refractivity contribution in [2.45, 2.75) is 13.8 Å². The lowest BCUT2D eigenvalue weighted by Gasteiger charge is -2.06. The minimum atomic E-state index is -0.172. The van der Waals surface area contributed by atoms with Crippen molar-refractivity contribution in [1.82, 2.24) is 9.97 Å². The maximum absolute atomic E-state index is 12.3. The van der Waals surface area contributed by atoms with Gasteiger partial charge in [-0.2, -0.15) is 0 Å². The summed E-state index contributed by atoms with van der Waals surface area (Å²) in [5, 5.41) is 3.49. The second-order valence-electron chi connectivity index (χ2n) is 6.58. The minimum absolute atomic E-state index is 0.172. The molecule has 1 amide bonds. The molecule has 0 saturated heterocycles. The number of nitrogens with one attached hydrogen (secondary N) is 2. The van der Waals surface area contributed by atoms with E-state index in [1.165, 1.54) is 11.1 Å². The van der Waals surface area contributed by atoms with Crippen molar-refractivity contribution in [3.8, 4) is 11.4 Å². The summed E-state index contributed by atoms with van der Waals surface area (Å²) in [6.07, 6.45) is 0. The van der Waals surface area contributed by atoms with E-state index in [1.807, 2.05) is 24.3 Å². The highest BCUT2D eigenvalue weighted by Crippen LogP contribution is 2.24. The number of anilines is 1. The number of hydrogen-bond donors (Lipinski definition) is 2. The van der Waals surface area contributed by atoms with Crippen molar-refractivity contribution in [3.63, 3.8) is 0 Å². The molecule has 0 aliphatic carbocycles. The van der Waals surface area contributed by atoms with Crippen LogP contribution >= 0.6 is 11.6 Å². The molecule has 3 aromatic carbocycles. The zero-order valence-corrected chi connectivity index (χ0v) is 15.8. The molecule has 134 valence electrons. The van der Waals surface area contributed by atoms with Crippen LogP contribution in [-0.2, 0) is 0 Å². The number of fused-ring (bicyclic) bond motifs is 1. The number of aromatic nitrogens is 2. The Bertz CT molecular complexity index is 1090. The molecule has 0 radical (unpaired) electrons. The zero-order chi connectivity index (χ0) is 19.0. The van der Waals surface area contributed by atoms with Gasteiger partial charge < -0.3 is 10.3 Å². The molecule has 0 fully saturated rings. The van der Waals surface area contributed by atoms with Crippen molar-refractivity contribution in [2.24, 2.45) is 0 Å².